The third-order valence-corrected chi connectivity index (χ3v) is 3.70. The fourth-order valence-electron chi connectivity index (χ4n) is 2.46. The molecule has 0 fully saturated rings. The number of fused-ring (bicyclic) bond motifs is 1. The van der Waals surface area contributed by atoms with Gasteiger partial charge in [0.25, 0.3) is 0 Å². The first-order valence-electron chi connectivity index (χ1n) is 6.91. The number of rotatable bonds is 4. The van der Waals surface area contributed by atoms with E-state index in [0.717, 1.165) is 18.7 Å². The summed E-state index contributed by atoms with van der Waals surface area (Å²) in [4.78, 5) is 14.1. The van der Waals surface area contributed by atoms with Crippen molar-refractivity contribution in [1.82, 2.24) is 5.32 Å². The average molecular weight is 261 g/mol. The van der Waals surface area contributed by atoms with Crippen molar-refractivity contribution in [2.24, 2.45) is 0 Å². The molecule has 1 aliphatic heterocycles. The molecule has 0 saturated carbocycles. The molecular weight excluding hydrogens is 238 g/mol. The van der Waals surface area contributed by atoms with Crippen LogP contribution in [0.15, 0.2) is 18.2 Å². The lowest BCUT2D eigenvalue weighted by Gasteiger charge is -2.27. The van der Waals surface area contributed by atoms with Crippen molar-refractivity contribution in [1.29, 1.82) is 0 Å². The summed E-state index contributed by atoms with van der Waals surface area (Å²) in [7, 11) is 3.98. The number of anilines is 2. The van der Waals surface area contributed by atoms with Gasteiger partial charge in [0.05, 0.1) is 0 Å². The van der Waals surface area contributed by atoms with Crippen molar-refractivity contribution in [2.45, 2.75) is 32.2 Å². The van der Waals surface area contributed by atoms with Crippen LogP contribution in [0.4, 0.5) is 11.4 Å². The molecule has 0 bridgehead atoms. The van der Waals surface area contributed by atoms with Gasteiger partial charge in [0.2, 0.25) is 5.91 Å². The Labute approximate surface area is 115 Å². The van der Waals surface area contributed by atoms with Crippen LogP contribution in [0.2, 0.25) is 0 Å². The van der Waals surface area contributed by atoms with Crippen LogP contribution in [-0.4, -0.2) is 32.6 Å². The maximum atomic E-state index is 11.9. The average Bonchev–Trinajstić information content (AvgIpc) is 2.38. The van der Waals surface area contributed by atoms with Gasteiger partial charge in [-0.05, 0) is 50.6 Å². The van der Waals surface area contributed by atoms with Gasteiger partial charge < -0.3 is 15.5 Å². The topological polar surface area (TPSA) is 44.4 Å². The zero-order chi connectivity index (χ0) is 13.8. The summed E-state index contributed by atoms with van der Waals surface area (Å²) in [5.74, 6) is 0.0611. The third-order valence-electron chi connectivity index (χ3n) is 3.70. The minimum absolute atomic E-state index is 0.0611. The first-order valence-corrected chi connectivity index (χ1v) is 6.91. The Morgan fingerprint density at radius 1 is 1.47 bits per heavy atom. The molecule has 4 nitrogen and oxygen atoms in total. The molecule has 0 saturated heterocycles. The van der Waals surface area contributed by atoms with Crippen LogP contribution in [0.1, 0.15) is 25.3 Å². The standard InChI is InChI=1S/C15H23N3O/c1-11(16-2)9-15(19)17-13-6-7-14-12(10-13)5-4-8-18(14)3/h6-7,10-11,16H,4-5,8-9H2,1-3H3,(H,17,19). The van der Waals surface area contributed by atoms with Crippen LogP contribution in [0.5, 0.6) is 0 Å². The molecule has 1 aromatic rings. The second-order valence-electron chi connectivity index (χ2n) is 5.31. The highest BCUT2D eigenvalue weighted by Crippen LogP contribution is 2.28. The number of aryl methyl sites for hydroxylation is 1. The summed E-state index contributed by atoms with van der Waals surface area (Å²) in [5.41, 5.74) is 3.52. The van der Waals surface area contributed by atoms with E-state index in [1.165, 1.54) is 17.7 Å². The number of carbonyl (C=O) groups excluding carboxylic acids is 1. The van der Waals surface area contributed by atoms with Crippen molar-refractivity contribution in [2.75, 3.05) is 30.9 Å². The molecule has 1 aromatic carbocycles. The second kappa shape index (κ2) is 6.06. The van der Waals surface area contributed by atoms with Crippen LogP contribution in [0.25, 0.3) is 0 Å². The first kappa shape index (κ1) is 13.9. The van der Waals surface area contributed by atoms with Gasteiger partial charge in [-0.2, -0.15) is 0 Å². The van der Waals surface area contributed by atoms with Gasteiger partial charge in [-0.15, -0.1) is 0 Å². The molecule has 0 aliphatic carbocycles. The fraction of sp³-hybridized carbons (Fsp3) is 0.533. The number of nitrogens with zero attached hydrogens (tertiary/aromatic N) is 1. The van der Waals surface area contributed by atoms with Crippen molar-refractivity contribution in [3.8, 4) is 0 Å². The SMILES string of the molecule is CNC(C)CC(=O)Nc1ccc2c(c1)CCCN2C. The largest absolute Gasteiger partial charge is 0.374 e. The molecule has 0 spiro atoms. The lowest BCUT2D eigenvalue weighted by molar-refractivity contribution is -0.116. The minimum atomic E-state index is 0.0611. The predicted octanol–water partition coefficient (Wildman–Crippen LogP) is 2.01. The normalized spacial score (nSPS) is 15.8. The summed E-state index contributed by atoms with van der Waals surface area (Å²) in [6.45, 7) is 3.11. The van der Waals surface area contributed by atoms with Crippen LogP contribution >= 0.6 is 0 Å². The Balaban J connectivity index is 2.04. The highest BCUT2D eigenvalue weighted by Gasteiger charge is 2.14. The first-order chi connectivity index (χ1) is 9.10. The minimum Gasteiger partial charge on any atom is -0.374 e. The molecule has 4 heteroatoms. The molecule has 1 aliphatic rings. The Morgan fingerprint density at radius 2 is 2.26 bits per heavy atom. The fourth-order valence-corrected chi connectivity index (χ4v) is 2.46. The van der Waals surface area contributed by atoms with Crippen LogP contribution in [0, 0.1) is 0 Å². The van der Waals surface area contributed by atoms with E-state index in [4.69, 9.17) is 0 Å². The van der Waals surface area contributed by atoms with E-state index in [1.54, 1.807) is 0 Å². The number of nitrogens with one attached hydrogen (secondary N) is 2. The second-order valence-corrected chi connectivity index (χ2v) is 5.31. The Hall–Kier alpha value is -1.55. The summed E-state index contributed by atoms with van der Waals surface area (Å²) >= 11 is 0. The van der Waals surface area contributed by atoms with E-state index < -0.39 is 0 Å². The summed E-state index contributed by atoms with van der Waals surface area (Å²) in [5, 5.41) is 6.04. The van der Waals surface area contributed by atoms with Crippen molar-refractivity contribution >= 4 is 17.3 Å². The number of carbonyl (C=O) groups is 1. The number of hydrogen-bond donors (Lipinski definition) is 2. The van der Waals surface area contributed by atoms with Gasteiger partial charge in [-0.25, -0.2) is 0 Å². The Bertz CT molecular complexity index is 459. The van der Waals surface area contributed by atoms with Crippen molar-refractivity contribution in [3.05, 3.63) is 23.8 Å². The highest BCUT2D eigenvalue weighted by atomic mass is 16.1. The molecule has 1 amide bonds. The zero-order valence-electron chi connectivity index (χ0n) is 12.0. The molecular formula is C15H23N3O. The van der Waals surface area contributed by atoms with E-state index in [2.05, 4.69) is 34.7 Å². The molecule has 2 rings (SSSR count). The van der Waals surface area contributed by atoms with Gasteiger partial charge in [-0.3, -0.25) is 4.79 Å². The maximum Gasteiger partial charge on any atom is 0.225 e. The van der Waals surface area contributed by atoms with Crippen molar-refractivity contribution < 1.29 is 4.79 Å². The molecule has 1 unspecified atom stereocenters. The molecule has 2 N–H and O–H groups in total. The van der Waals surface area contributed by atoms with Gasteiger partial charge in [0.15, 0.2) is 0 Å². The highest BCUT2D eigenvalue weighted by molar-refractivity contribution is 5.91. The summed E-state index contributed by atoms with van der Waals surface area (Å²) in [6, 6.07) is 6.39. The zero-order valence-corrected chi connectivity index (χ0v) is 12.0. The predicted molar refractivity (Wildman–Crippen MR) is 79.8 cm³/mol. The summed E-state index contributed by atoms with van der Waals surface area (Å²) < 4.78 is 0. The molecule has 0 aromatic heterocycles. The van der Waals surface area contributed by atoms with Crippen molar-refractivity contribution in [3.63, 3.8) is 0 Å². The van der Waals surface area contributed by atoms with E-state index >= 15 is 0 Å². The van der Waals surface area contributed by atoms with E-state index in [-0.39, 0.29) is 11.9 Å². The van der Waals surface area contributed by atoms with E-state index in [0.29, 0.717) is 6.42 Å². The number of benzene rings is 1. The Kier molecular flexibility index (Phi) is 4.43. The molecule has 104 valence electrons. The molecule has 1 atom stereocenters. The molecule has 0 radical (unpaired) electrons. The van der Waals surface area contributed by atoms with E-state index in [1.807, 2.05) is 20.0 Å². The third kappa shape index (κ3) is 3.47. The van der Waals surface area contributed by atoms with Crippen LogP contribution in [-0.2, 0) is 11.2 Å². The monoisotopic (exact) mass is 261 g/mol. The lowest BCUT2D eigenvalue weighted by atomic mass is 10.0. The van der Waals surface area contributed by atoms with Gasteiger partial charge in [-0.1, -0.05) is 0 Å². The molecule has 19 heavy (non-hydrogen) atoms. The molecule has 1 heterocycles. The van der Waals surface area contributed by atoms with Gasteiger partial charge >= 0.3 is 0 Å². The number of hydrogen-bond acceptors (Lipinski definition) is 3. The van der Waals surface area contributed by atoms with Crippen LogP contribution in [0.3, 0.4) is 0 Å². The quantitative estimate of drug-likeness (QED) is 0.871. The van der Waals surface area contributed by atoms with E-state index in [9.17, 15) is 4.79 Å². The smallest absolute Gasteiger partial charge is 0.225 e. The van der Waals surface area contributed by atoms with Crippen LogP contribution < -0.4 is 15.5 Å². The number of amides is 1. The lowest BCUT2D eigenvalue weighted by Crippen LogP contribution is -2.28. The van der Waals surface area contributed by atoms with Gasteiger partial charge in [0.1, 0.15) is 0 Å². The summed E-state index contributed by atoms with van der Waals surface area (Å²) in [6.07, 6.45) is 2.77. The Morgan fingerprint density at radius 3 is 3.00 bits per heavy atom. The maximum absolute atomic E-state index is 11.9. The van der Waals surface area contributed by atoms with Gasteiger partial charge in [0, 0.05) is 37.4 Å².